The Hall–Kier alpha value is -1.51. The van der Waals surface area contributed by atoms with Gasteiger partial charge in [0, 0.05) is 38.3 Å². The van der Waals surface area contributed by atoms with E-state index in [9.17, 15) is 4.79 Å². The number of aliphatic imine (C=N–C) groups is 1. The predicted octanol–water partition coefficient (Wildman–Crippen LogP) is 0.617. The second-order valence-electron chi connectivity index (χ2n) is 4.76. The van der Waals surface area contributed by atoms with Crippen molar-refractivity contribution in [3.8, 4) is 0 Å². The summed E-state index contributed by atoms with van der Waals surface area (Å²) in [6.45, 7) is 3.57. The van der Waals surface area contributed by atoms with Crippen molar-refractivity contribution in [2.75, 3.05) is 37.6 Å². The Morgan fingerprint density at radius 1 is 1.10 bits per heavy atom. The Bertz CT molecular complexity index is 468. The Balaban J connectivity index is 0.00000220. The van der Waals surface area contributed by atoms with Crippen molar-refractivity contribution in [1.82, 2.24) is 4.90 Å². The van der Waals surface area contributed by atoms with Gasteiger partial charge in [0.15, 0.2) is 5.96 Å². The molecule has 0 radical (unpaired) electrons. The summed E-state index contributed by atoms with van der Waals surface area (Å²) in [5, 5.41) is 0. The standard InChI is InChI=1S/C14H21N5O.HI/c15-14(16)17-7-6-13(20)19-10-8-18(9-11-19)12-4-2-1-3-5-12;/h1-5H,6-11H2,(H4,15,16,17);1H. The van der Waals surface area contributed by atoms with Gasteiger partial charge in [-0.05, 0) is 12.1 Å². The largest absolute Gasteiger partial charge is 0.370 e. The Morgan fingerprint density at radius 3 is 2.29 bits per heavy atom. The maximum atomic E-state index is 12.0. The molecule has 7 heteroatoms. The Morgan fingerprint density at radius 2 is 1.71 bits per heavy atom. The summed E-state index contributed by atoms with van der Waals surface area (Å²) >= 11 is 0. The number of hydrogen-bond donors (Lipinski definition) is 2. The van der Waals surface area contributed by atoms with Crippen LogP contribution in [0.3, 0.4) is 0 Å². The number of rotatable bonds is 4. The minimum atomic E-state index is 0. The van der Waals surface area contributed by atoms with Crippen molar-refractivity contribution < 1.29 is 4.79 Å². The van der Waals surface area contributed by atoms with E-state index in [0.717, 1.165) is 26.2 Å². The van der Waals surface area contributed by atoms with E-state index < -0.39 is 0 Å². The van der Waals surface area contributed by atoms with Crippen LogP contribution in [0.15, 0.2) is 35.3 Å². The van der Waals surface area contributed by atoms with Crippen LogP contribution in [0.25, 0.3) is 0 Å². The zero-order valence-corrected chi connectivity index (χ0v) is 14.3. The van der Waals surface area contributed by atoms with Gasteiger partial charge in [-0.3, -0.25) is 9.79 Å². The lowest BCUT2D eigenvalue weighted by Crippen LogP contribution is -2.48. The number of amides is 1. The van der Waals surface area contributed by atoms with E-state index in [1.165, 1.54) is 5.69 Å². The third kappa shape index (κ3) is 5.41. The van der Waals surface area contributed by atoms with Gasteiger partial charge in [-0.1, -0.05) is 18.2 Å². The van der Waals surface area contributed by atoms with E-state index in [0.29, 0.717) is 13.0 Å². The van der Waals surface area contributed by atoms with Crippen LogP contribution in [-0.2, 0) is 4.79 Å². The van der Waals surface area contributed by atoms with Crippen LogP contribution >= 0.6 is 24.0 Å². The zero-order valence-electron chi connectivity index (χ0n) is 11.9. The van der Waals surface area contributed by atoms with Crippen LogP contribution in [-0.4, -0.2) is 49.5 Å². The summed E-state index contributed by atoms with van der Waals surface area (Å²) in [7, 11) is 0. The maximum absolute atomic E-state index is 12.0. The molecule has 1 saturated heterocycles. The first-order valence-electron chi connectivity index (χ1n) is 6.80. The second-order valence-corrected chi connectivity index (χ2v) is 4.76. The van der Waals surface area contributed by atoms with Gasteiger partial charge in [0.25, 0.3) is 0 Å². The molecular formula is C14H22IN5O. The summed E-state index contributed by atoms with van der Waals surface area (Å²) in [6.07, 6.45) is 0.364. The molecule has 1 aliphatic rings. The van der Waals surface area contributed by atoms with E-state index >= 15 is 0 Å². The lowest BCUT2D eigenvalue weighted by Gasteiger charge is -2.36. The van der Waals surface area contributed by atoms with Crippen molar-refractivity contribution >= 4 is 41.5 Å². The van der Waals surface area contributed by atoms with E-state index in [1.54, 1.807) is 0 Å². The number of nitrogens with two attached hydrogens (primary N) is 2. The molecule has 0 aliphatic carbocycles. The number of piperazine rings is 1. The van der Waals surface area contributed by atoms with Gasteiger partial charge in [0.1, 0.15) is 0 Å². The molecule has 21 heavy (non-hydrogen) atoms. The van der Waals surface area contributed by atoms with Crippen molar-refractivity contribution in [1.29, 1.82) is 0 Å². The fourth-order valence-corrected chi connectivity index (χ4v) is 2.29. The molecule has 1 fully saturated rings. The highest BCUT2D eigenvalue weighted by Gasteiger charge is 2.20. The molecule has 1 aliphatic heterocycles. The molecule has 6 nitrogen and oxygen atoms in total. The highest BCUT2D eigenvalue weighted by molar-refractivity contribution is 14.0. The lowest BCUT2D eigenvalue weighted by molar-refractivity contribution is -0.131. The highest BCUT2D eigenvalue weighted by Crippen LogP contribution is 2.15. The average molecular weight is 403 g/mol. The third-order valence-corrected chi connectivity index (χ3v) is 3.37. The van der Waals surface area contributed by atoms with Gasteiger partial charge >= 0.3 is 0 Å². The molecule has 1 amide bonds. The molecule has 0 saturated carbocycles. The van der Waals surface area contributed by atoms with Crippen LogP contribution in [0, 0.1) is 0 Å². The SMILES string of the molecule is I.NC(N)=NCCC(=O)N1CCN(c2ccccc2)CC1. The van der Waals surface area contributed by atoms with Crippen LogP contribution in [0.5, 0.6) is 0 Å². The molecule has 0 atom stereocenters. The molecule has 1 heterocycles. The first-order valence-corrected chi connectivity index (χ1v) is 6.80. The number of benzene rings is 1. The van der Waals surface area contributed by atoms with Crippen molar-refractivity contribution in [3.05, 3.63) is 30.3 Å². The molecule has 116 valence electrons. The molecule has 0 aromatic heterocycles. The van der Waals surface area contributed by atoms with E-state index in [1.807, 2.05) is 23.1 Å². The number of anilines is 1. The molecular weight excluding hydrogens is 381 g/mol. The van der Waals surface area contributed by atoms with Crippen LogP contribution in [0.2, 0.25) is 0 Å². The molecule has 4 N–H and O–H groups in total. The number of para-hydroxylation sites is 1. The van der Waals surface area contributed by atoms with Gasteiger partial charge < -0.3 is 21.3 Å². The fraction of sp³-hybridized carbons (Fsp3) is 0.429. The summed E-state index contributed by atoms with van der Waals surface area (Å²) < 4.78 is 0. The molecule has 0 bridgehead atoms. The Kier molecular flexibility index (Phi) is 7.27. The van der Waals surface area contributed by atoms with Crippen molar-refractivity contribution in [3.63, 3.8) is 0 Å². The normalized spacial score (nSPS) is 14.3. The number of carbonyl (C=O) groups is 1. The molecule has 0 unspecified atom stereocenters. The van der Waals surface area contributed by atoms with Crippen LogP contribution in [0.4, 0.5) is 5.69 Å². The minimum absolute atomic E-state index is 0. The van der Waals surface area contributed by atoms with E-state index in [4.69, 9.17) is 11.5 Å². The lowest BCUT2D eigenvalue weighted by atomic mass is 10.2. The van der Waals surface area contributed by atoms with E-state index in [2.05, 4.69) is 22.0 Å². The summed E-state index contributed by atoms with van der Waals surface area (Å²) in [5.41, 5.74) is 11.7. The first kappa shape index (κ1) is 17.5. The van der Waals surface area contributed by atoms with Gasteiger partial charge in [0.2, 0.25) is 5.91 Å². The molecule has 0 spiro atoms. The quantitative estimate of drug-likeness (QED) is 0.438. The average Bonchev–Trinajstić information content (AvgIpc) is 2.48. The monoisotopic (exact) mass is 403 g/mol. The number of hydrogen-bond acceptors (Lipinski definition) is 3. The summed E-state index contributed by atoms with van der Waals surface area (Å²) in [4.78, 5) is 20.0. The molecule has 1 aromatic carbocycles. The second kappa shape index (κ2) is 8.71. The summed E-state index contributed by atoms with van der Waals surface area (Å²) in [6, 6.07) is 10.3. The number of carbonyl (C=O) groups excluding carboxylic acids is 1. The first-order chi connectivity index (χ1) is 9.66. The van der Waals surface area contributed by atoms with Gasteiger partial charge in [0.05, 0.1) is 6.54 Å². The number of nitrogens with zero attached hydrogens (tertiary/aromatic N) is 3. The maximum Gasteiger partial charge on any atom is 0.224 e. The smallest absolute Gasteiger partial charge is 0.224 e. The third-order valence-electron chi connectivity index (χ3n) is 3.37. The molecule has 2 rings (SSSR count). The number of guanidine groups is 1. The number of halogens is 1. The summed E-state index contributed by atoms with van der Waals surface area (Å²) in [5.74, 6) is 0.148. The van der Waals surface area contributed by atoms with Crippen LogP contribution < -0.4 is 16.4 Å². The van der Waals surface area contributed by atoms with Gasteiger partial charge in [-0.25, -0.2) is 0 Å². The minimum Gasteiger partial charge on any atom is -0.370 e. The van der Waals surface area contributed by atoms with Gasteiger partial charge in [-0.15, -0.1) is 24.0 Å². The highest BCUT2D eigenvalue weighted by atomic mass is 127. The van der Waals surface area contributed by atoms with Crippen molar-refractivity contribution in [2.45, 2.75) is 6.42 Å². The predicted molar refractivity (Wildman–Crippen MR) is 95.9 cm³/mol. The van der Waals surface area contributed by atoms with E-state index in [-0.39, 0.29) is 35.8 Å². The molecule has 1 aromatic rings. The van der Waals surface area contributed by atoms with Crippen LogP contribution in [0.1, 0.15) is 6.42 Å². The topological polar surface area (TPSA) is 87.9 Å². The Labute approximate surface area is 142 Å². The van der Waals surface area contributed by atoms with Crippen molar-refractivity contribution in [2.24, 2.45) is 16.5 Å². The van der Waals surface area contributed by atoms with Gasteiger partial charge in [-0.2, -0.15) is 0 Å². The zero-order chi connectivity index (χ0) is 14.4. The fourth-order valence-electron chi connectivity index (χ4n) is 2.29.